The molecular formula is C16H25ClN2O. The SMILES string of the molecule is Cc1cc(C(=O)CCl)c(C)n1C(C)CN1CCCCC1. The summed E-state index contributed by atoms with van der Waals surface area (Å²) in [4.78, 5) is 14.4. The highest BCUT2D eigenvalue weighted by Crippen LogP contribution is 2.23. The van der Waals surface area contributed by atoms with Gasteiger partial charge in [-0.3, -0.25) is 4.79 Å². The summed E-state index contributed by atoms with van der Waals surface area (Å²) in [5.74, 6) is 0.0846. The number of nitrogens with zero attached hydrogens (tertiary/aromatic N) is 2. The fraction of sp³-hybridized carbons (Fsp3) is 0.688. The van der Waals surface area contributed by atoms with Crippen LogP contribution in [-0.2, 0) is 0 Å². The molecule has 0 saturated carbocycles. The Morgan fingerprint density at radius 2 is 1.95 bits per heavy atom. The van der Waals surface area contributed by atoms with Crippen LogP contribution in [-0.4, -0.2) is 40.8 Å². The van der Waals surface area contributed by atoms with E-state index in [1.807, 2.05) is 13.0 Å². The standard InChI is InChI=1S/C16H25ClN2O/c1-12-9-15(16(20)10-17)14(3)19(12)13(2)11-18-7-5-4-6-8-18/h9,13H,4-8,10-11H2,1-3H3. The molecule has 4 heteroatoms. The number of aryl methyl sites for hydroxylation is 1. The van der Waals surface area contributed by atoms with Crippen molar-refractivity contribution in [3.05, 3.63) is 23.0 Å². The molecule has 0 aromatic carbocycles. The molecule has 0 bridgehead atoms. The zero-order chi connectivity index (χ0) is 14.7. The van der Waals surface area contributed by atoms with Crippen molar-refractivity contribution < 1.29 is 4.79 Å². The summed E-state index contributed by atoms with van der Waals surface area (Å²) < 4.78 is 2.29. The largest absolute Gasteiger partial charge is 0.344 e. The first-order valence-electron chi connectivity index (χ1n) is 7.54. The van der Waals surface area contributed by atoms with E-state index in [9.17, 15) is 4.79 Å². The molecule has 3 nitrogen and oxygen atoms in total. The van der Waals surface area contributed by atoms with Crippen molar-refractivity contribution in [2.75, 3.05) is 25.5 Å². The molecule has 2 heterocycles. The van der Waals surface area contributed by atoms with Gasteiger partial charge in [-0.2, -0.15) is 0 Å². The minimum atomic E-state index is 0.0242. The molecule has 2 rings (SSSR count). The number of piperidine rings is 1. The molecule has 1 aromatic rings. The lowest BCUT2D eigenvalue weighted by Crippen LogP contribution is -2.34. The van der Waals surface area contributed by atoms with Gasteiger partial charge in [0.1, 0.15) is 0 Å². The first-order chi connectivity index (χ1) is 9.54. The number of ketones is 1. The minimum absolute atomic E-state index is 0.0242. The Morgan fingerprint density at radius 3 is 2.55 bits per heavy atom. The first kappa shape index (κ1) is 15.6. The van der Waals surface area contributed by atoms with E-state index in [-0.39, 0.29) is 11.7 Å². The predicted molar refractivity (Wildman–Crippen MR) is 84.0 cm³/mol. The molecule has 1 atom stereocenters. The van der Waals surface area contributed by atoms with Gasteiger partial charge in [0.25, 0.3) is 0 Å². The lowest BCUT2D eigenvalue weighted by atomic mass is 10.1. The Bertz CT molecular complexity index is 475. The van der Waals surface area contributed by atoms with E-state index in [0.717, 1.165) is 23.5 Å². The van der Waals surface area contributed by atoms with E-state index in [0.29, 0.717) is 6.04 Å². The summed E-state index contributed by atoms with van der Waals surface area (Å²) >= 11 is 5.69. The summed E-state index contributed by atoms with van der Waals surface area (Å²) in [6.45, 7) is 9.81. The van der Waals surface area contributed by atoms with Crippen LogP contribution in [0.5, 0.6) is 0 Å². The van der Waals surface area contributed by atoms with Gasteiger partial charge >= 0.3 is 0 Å². The number of hydrogen-bond acceptors (Lipinski definition) is 2. The Morgan fingerprint density at radius 1 is 1.30 bits per heavy atom. The van der Waals surface area contributed by atoms with E-state index in [2.05, 4.69) is 23.3 Å². The van der Waals surface area contributed by atoms with Gasteiger partial charge in [0.05, 0.1) is 5.88 Å². The maximum absolute atomic E-state index is 11.9. The summed E-state index contributed by atoms with van der Waals surface area (Å²) in [5, 5.41) is 0. The van der Waals surface area contributed by atoms with Gasteiger partial charge in [-0.25, -0.2) is 0 Å². The molecule has 20 heavy (non-hydrogen) atoms. The van der Waals surface area contributed by atoms with E-state index in [1.165, 1.54) is 32.4 Å². The number of likely N-dealkylation sites (tertiary alicyclic amines) is 1. The molecule has 1 aliphatic heterocycles. The number of Topliss-reactive ketones (excluding diaryl/α,β-unsaturated/α-hetero) is 1. The molecule has 1 fully saturated rings. The average Bonchev–Trinajstić information content (AvgIpc) is 2.74. The molecule has 0 amide bonds. The number of carbonyl (C=O) groups is 1. The summed E-state index contributed by atoms with van der Waals surface area (Å²) in [6, 6.07) is 2.37. The molecular weight excluding hydrogens is 272 g/mol. The normalized spacial score (nSPS) is 18.2. The quantitative estimate of drug-likeness (QED) is 0.613. The molecule has 1 unspecified atom stereocenters. The fourth-order valence-electron chi connectivity index (χ4n) is 3.41. The van der Waals surface area contributed by atoms with Gasteiger partial charge < -0.3 is 9.47 Å². The smallest absolute Gasteiger partial charge is 0.179 e. The van der Waals surface area contributed by atoms with Crippen LogP contribution in [0.2, 0.25) is 0 Å². The number of alkyl halides is 1. The van der Waals surface area contributed by atoms with Gasteiger partial charge in [-0.05, 0) is 52.8 Å². The topological polar surface area (TPSA) is 25.2 Å². The average molecular weight is 297 g/mol. The summed E-state index contributed by atoms with van der Waals surface area (Å²) in [6.07, 6.45) is 3.99. The van der Waals surface area contributed by atoms with Gasteiger partial charge in [-0.15, -0.1) is 11.6 Å². The highest BCUT2D eigenvalue weighted by atomic mass is 35.5. The zero-order valence-corrected chi connectivity index (χ0v) is 13.5. The van der Waals surface area contributed by atoms with E-state index < -0.39 is 0 Å². The predicted octanol–water partition coefficient (Wildman–Crippen LogP) is 3.57. The maximum atomic E-state index is 11.9. The lowest BCUT2D eigenvalue weighted by molar-refractivity contribution is 0.102. The first-order valence-corrected chi connectivity index (χ1v) is 8.08. The van der Waals surface area contributed by atoms with Crippen molar-refractivity contribution in [2.24, 2.45) is 0 Å². The Kier molecular flexibility index (Phi) is 5.28. The molecule has 0 N–H and O–H groups in total. The molecule has 1 aromatic heterocycles. The molecule has 0 aliphatic carbocycles. The monoisotopic (exact) mass is 296 g/mol. The van der Waals surface area contributed by atoms with Crippen molar-refractivity contribution in [2.45, 2.75) is 46.1 Å². The number of carbonyl (C=O) groups excluding carboxylic acids is 1. The molecule has 1 aliphatic rings. The van der Waals surface area contributed by atoms with Crippen LogP contribution in [0.15, 0.2) is 6.07 Å². The van der Waals surface area contributed by atoms with Gasteiger partial charge in [0.15, 0.2) is 5.78 Å². The Hall–Kier alpha value is -0.800. The van der Waals surface area contributed by atoms with Crippen molar-refractivity contribution in [1.82, 2.24) is 9.47 Å². The van der Waals surface area contributed by atoms with E-state index in [4.69, 9.17) is 11.6 Å². The van der Waals surface area contributed by atoms with Crippen LogP contribution in [0.25, 0.3) is 0 Å². The van der Waals surface area contributed by atoms with Gasteiger partial charge in [0.2, 0.25) is 0 Å². The summed E-state index contributed by atoms with van der Waals surface area (Å²) in [5.41, 5.74) is 2.99. The highest BCUT2D eigenvalue weighted by molar-refractivity contribution is 6.30. The Labute approximate surface area is 126 Å². The van der Waals surface area contributed by atoms with Crippen LogP contribution in [0.1, 0.15) is 54.0 Å². The molecule has 0 spiro atoms. The number of hydrogen-bond donors (Lipinski definition) is 0. The van der Waals surface area contributed by atoms with Crippen LogP contribution in [0, 0.1) is 13.8 Å². The second kappa shape index (κ2) is 6.77. The maximum Gasteiger partial charge on any atom is 0.179 e. The number of aromatic nitrogens is 1. The van der Waals surface area contributed by atoms with Crippen LogP contribution >= 0.6 is 11.6 Å². The highest BCUT2D eigenvalue weighted by Gasteiger charge is 2.20. The summed E-state index contributed by atoms with van der Waals surface area (Å²) in [7, 11) is 0. The third-order valence-electron chi connectivity index (χ3n) is 4.32. The number of halogens is 1. The van der Waals surface area contributed by atoms with Gasteiger partial charge in [0, 0.05) is 29.5 Å². The number of rotatable bonds is 5. The van der Waals surface area contributed by atoms with Crippen molar-refractivity contribution in [3.8, 4) is 0 Å². The second-order valence-electron chi connectivity index (χ2n) is 5.92. The van der Waals surface area contributed by atoms with Crippen LogP contribution in [0.3, 0.4) is 0 Å². The van der Waals surface area contributed by atoms with Crippen molar-refractivity contribution >= 4 is 17.4 Å². The van der Waals surface area contributed by atoms with Crippen molar-refractivity contribution in [3.63, 3.8) is 0 Å². The van der Waals surface area contributed by atoms with Crippen LogP contribution < -0.4 is 0 Å². The third-order valence-corrected chi connectivity index (χ3v) is 4.56. The van der Waals surface area contributed by atoms with E-state index in [1.54, 1.807) is 0 Å². The molecule has 0 radical (unpaired) electrons. The minimum Gasteiger partial charge on any atom is -0.344 e. The Balaban J connectivity index is 2.14. The third kappa shape index (κ3) is 3.26. The van der Waals surface area contributed by atoms with Gasteiger partial charge in [-0.1, -0.05) is 6.42 Å². The van der Waals surface area contributed by atoms with Crippen molar-refractivity contribution in [1.29, 1.82) is 0 Å². The van der Waals surface area contributed by atoms with E-state index >= 15 is 0 Å². The van der Waals surface area contributed by atoms with Crippen LogP contribution in [0.4, 0.5) is 0 Å². The molecule has 1 saturated heterocycles. The fourth-order valence-corrected chi connectivity index (χ4v) is 3.55. The molecule has 112 valence electrons. The second-order valence-corrected chi connectivity index (χ2v) is 6.19. The zero-order valence-electron chi connectivity index (χ0n) is 12.8. The lowest BCUT2D eigenvalue weighted by Gasteiger charge is -2.30.